The number of carbonyl (C=O) groups is 1. The second kappa shape index (κ2) is 8.88. The highest BCUT2D eigenvalue weighted by atomic mass is 16.1. The number of aryl methyl sites for hydroxylation is 3. The van der Waals surface area contributed by atoms with Gasteiger partial charge in [-0.05, 0) is 55.5 Å². The lowest BCUT2D eigenvalue weighted by Crippen LogP contribution is -2.02. The van der Waals surface area contributed by atoms with Gasteiger partial charge in [0.25, 0.3) is 0 Å². The second-order valence-corrected chi connectivity index (χ2v) is 6.12. The van der Waals surface area contributed by atoms with Crippen molar-refractivity contribution in [3.63, 3.8) is 0 Å². The summed E-state index contributed by atoms with van der Waals surface area (Å²) in [7, 11) is 0. The Morgan fingerprint density at radius 2 is 1.52 bits per heavy atom. The highest BCUT2D eigenvalue weighted by molar-refractivity contribution is 5.95. The molecule has 0 atom stereocenters. The number of aromatic nitrogens is 2. The van der Waals surface area contributed by atoms with Crippen molar-refractivity contribution in [3.05, 3.63) is 95.6 Å². The SMILES string of the molecule is O=C(CCCc1ccccc1)c1ccc(CCc2ccccn2)nc1. The Labute approximate surface area is 148 Å². The number of Topliss-reactive ketones (excluding diaryl/α,β-unsaturated/α-hetero) is 1. The Balaban J connectivity index is 1.47. The van der Waals surface area contributed by atoms with E-state index in [1.807, 2.05) is 48.5 Å². The van der Waals surface area contributed by atoms with Gasteiger partial charge in [0.1, 0.15) is 0 Å². The minimum absolute atomic E-state index is 0.166. The molecule has 1 aromatic carbocycles. The van der Waals surface area contributed by atoms with Crippen molar-refractivity contribution in [1.29, 1.82) is 0 Å². The van der Waals surface area contributed by atoms with Crippen molar-refractivity contribution in [2.24, 2.45) is 0 Å². The highest BCUT2D eigenvalue weighted by Gasteiger charge is 2.07. The van der Waals surface area contributed by atoms with Gasteiger partial charge >= 0.3 is 0 Å². The highest BCUT2D eigenvalue weighted by Crippen LogP contribution is 2.10. The Morgan fingerprint density at radius 1 is 0.760 bits per heavy atom. The summed E-state index contributed by atoms with van der Waals surface area (Å²) in [5.41, 5.74) is 4.03. The molecule has 0 bridgehead atoms. The van der Waals surface area contributed by atoms with Crippen molar-refractivity contribution < 1.29 is 4.79 Å². The quantitative estimate of drug-likeness (QED) is 0.572. The predicted molar refractivity (Wildman–Crippen MR) is 99.6 cm³/mol. The van der Waals surface area contributed by atoms with Crippen molar-refractivity contribution in [2.75, 3.05) is 0 Å². The van der Waals surface area contributed by atoms with Crippen LogP contribution < -0.4 is 0 Å². The first-order chi connectivity index (χ1) is 12.3. The molecule has 0 aliphatic heterocycles. The smallest absolute Gasteiger partial charge is 0.164 e. The largest absolute Gasteiger partial charge is 0.294 e. The summed E-state index contributed by atoms with van der Waals surface area (Å²) in [6.07, 6.45) is 7.56. The molecule has 0 unspecified atom stereocenters. The third kappa shape index (κ3) is 5.35. The lowest BCUT2D eigenvalue weighted by Gasteiger charge is -2.04. The average molecular weight is 330 g/mol. The van der Waals surface area contributed by atoms with Gasteiger partial charge < -0.3 is 0 Å². The Hall–Kier alpha value is -2.81. The lowest BCUT2D eigenvalue weighted by atomic mass is 10.0. The molecule has 3 rings (SSSR count). The fraction of sp³-hybridized carbons (Fsp3) is 0.227. The number of rotatable bonds is 8. The van der Waals surface area contributed by atoms with E-state index in [0.717, 1.165) is 37.1 Å². The molecule has 3 nitrogen and oxygen atoms in total. The van der Waals surface area contributed by atoms with Crippen LogP contribution in [0.5, 0.6) is 0 Å². The first kappa shape index (κ1) is 17.0. The van der Waals surface area contributed by atoms with E-state index in [1.54, 1.807) is 12.4 Å². The third-order valence-electron chi connectivity index (χ3n) is 4.22. The van der Waals surface area contributed by atoms with E-state index in [0.29, 0.717) is 12.0 Å². The van der Waals surface area contributed by atoms with E-state index in [2.05, 4.69) is 22.1 Å². The molecular formula is C22H22N2O. The first-order valence-corrected chi connectivity index (χ1v) is 8.73. The van der Waals surface area contributed by atoms with Gasteiger partial charge in [0, 0.05) is 35.8 Å². The predicted octanol–water partition coefficient (Wildman–Crippen LogP) is 4.47. The van der Waals surface area contributed by atoms with E-state index in [1.165, 1.54) is 5.56 Å². The average Bonchev–Trinajstić information content (AvgIpc) is 2.68. The summed E-state index contributed by atoms with van der Waals surface area (Å²) in [4.78, 5) is 21.0. The minimum Gasteiger partial charge on any atom is -0.294 e. The molecule has 25 heavy (non-hydrogen) atoms. The Bertz CT molecular complexity index is 783. The molecule has 0 aliphatic carbocycles. The molecule has 3 aromatic rings. The molecule has 2 heterocycles. The van der Waals surface area contributed by atoms with E-state index in [4.69, 9.17) is 0 Å². The molecule has 0 amide bonds. The molecule has 0 fully saturated rings. The fourth-order valence-electron chi connectivity index (χ4n) is 2.78. The van der Waals surface area contributed by atoms with Crippen LogP contribution in [-0.4, -0.2) is 15.8 Å². The number of hydrogen-bond donors (Lipinski definition) is 0. The van der Waals surface area contributed by atoms with Gasteiger partial charge in [-0.2, -0.15) is 0 Å². The molecule has 126 valence electrons. The van der Waals surface area contributed by atoms with Gasteiger partial charge in [0.15, 0.2) is 5.78 Å². The van der Waals surface area contributed by atoms with Crippen molar-refractivity contribution >= 4 is 5.78 Å². The van der Waals surface area contributed by atoms with Crippen LogP contribution in [0.3, 0.4) is 0 Å². The molecule has 0 saturated carbocycles. The number of hydrogen-bond acceptors (Lipinski definition) is 3. The Kier molecular flexibility index (Phi) is 6.05. The third-order valence-corrected chi connectivity index (χ3v) is 4.22. The summed E-state index contributed by atoms with van der Waals surface area (Å²) in [5.74, 6) is 0.166. The van der Waals surface area contributed by atoms with Crippen LogP contribution in [0.2, 0.25) is 0 Å². The van der Waals surface area contributed by atoms with Crippen molar-refractivity contribution in [2.45, 2.75) is 32.1 Å². The zero-order chi connectivity index (χ0) is 17.3. The monoisotopic (exact) mass is 330 g/mol. The second-order valence-electron chi connectivity index (χ2n) is 6.12. The van der Waals surface area contributed by atoms with Gasteiger partial charge in [0.2, 0.25) is 0 Å². The lowest BCUT2D eigenvalue weighted by molar-refractivity contribution is 0.0980. The maximum Gasteiger partial charge on any atom is 0.164 e. The van der Waals surface area contributed by atoms with Crippen molar-refractivity contribution in [3.8, 4) is 0 Å². The van der Waals surface area contributed by atoms with Crippen LogP contribution in [0, 0.1) is 0 Å². The number of nitrogens with zero attached hydrogens (tertiary/aromatic N) is 2. The van der Waals surface area contributed by atoms with Crippen LogP contribution in [0.4, 0.5) is 0 Å². The summed E-state index contributed by atoms with van der Waals surface area (Å²) in [6, 6.07) is 20.0. The van der Waals surface area contributed by atoms with E-state index in [-0.39, 0.29) is 5.78 Å². The van der Waals surface area contributed by atoms with Crippen LogP contribution in [0.25, 0.3) is 0 Å². The maximum atomic E-state index is 12.3. The van der Waals surface area contributed by atoms with Gasteiger partial charge in [-0.1, -0.05) is 36.4 Å². The van der Waals surface area contributed by atoms with E-state index >= 15 is 0 Å². The van der Waals surface area contributed by atoms with Crippen molar-refractivity contribution in [1.82, 2.24) is 9.97 Å². The molecule has 2 aromatic heterocycles. The van der Waals surface area contributed by atoms with Crippen LogP contribution >= 0.6 is 0 Å². The normalized spacial score (nSPS) is 10.6. The zero-order valence-electron chi connectivity index (χ0n) is 14.3. The summed E-state index contributed by atoms with van der Waals surface area (Å²) >= 11 is 0. The molecule has 0 spiro atoms. The molecule has 0 radical (unpaired) electrons. The van der Waals surface area contributed by atoms with Crippen LogP contribution in [0.1, 0.15) is 40.2 Å². The zero-order valence-corrected chi connectivity index (χ0v) is 14.3. The van der Waals surface area contributed by atoms with Gasteiger partial charge in [-0.15, -0.1) is 0 Å². The number of benzene rings is 1. The van der Waals surface area contributed by atoms with Crippen LogP contribution in [-0.2, 0) is 19.3 Å². The minimum atomic E-state index is 0.166. The standard InChI is InChI=1S/C22H22N2O/c25-22(11-6-9-18-7-2-1-3-8-18)19-12-13-21(24-17-19)15-14-20-10-4-5-16-23-20/h1-5,7-8,10,12-13,16-17H,6,9,11,14-15H2. The van der Waals surface area contributed by atoms with Gasteiger partial charge in [-0.25, -0.2) is 0 Å². The number of carbonyl (C=O) groups excluding carboxylic acids is 1. The Morgan fingerprint density at radius 3 is 2.20 bits per heavy atom. The molecule has 0 aliphatic rings. The maximum absolute atomic E-state index is 12.3. The molecular weight excluding hydrogens is 308 g/mol. The molecule has 0 N–H and O–H groups in total. The summed E-state index contributed by atoms with van der Waals surface area (Å²) < 4.78 is 0. The fourth-order valence-corrected chi connectivity index (χ4v) is 2.78. The first-order valence-electron chi connectivity index (χ1n) is 8.73. The van der Waals surface area contributed by atoms with Crippen LogP contribution in [0.15, 0.2) is 73.1 Å². The summed E-state index contributed by atoms with van der Waals surface area (Å²) in [5, 5.41) is 0. The van der Waals surface area contributed by atoms with Gasteiger partial charge in [0.05, 0.1) is 0 Å². The van der Waals surface area contributed by atoms with Gasteiger partial charge in [-0.3, -0.25) is 14.8 Å². The molecule has 3 heteroatoms. The topological polar surface area (TPSA) is 42.9 Å². The number of ketones is 1. The molecule has 0 saturated heterocycles. The number of pyridine rings is 2. The summed E-state index contributed by atoms with van der Waals surface area (Å²) in [6.45, 7) is 0. The van der Waals surface area contributed by atoms with E-state index < -0.39 is 0 Å². The van der Waals surface area contributed by atoms with E-state index in [9.17, 15) is 4.79 Å².